The average molecular weight is 220 g/mol. The molecule has 0 saturated carbocycles. The van der Waals surface area contributed by atoms with Gasteiger partial charge in [0.2, 0.25) is 0 Å². The summed E-state index contributed by atoms with van der Waals surface area (Å²) in [6.07, 6.45) is 4.25. The second-order valence-electron chi connectivity index (χ2n) is 3.92. The molecule has 1 aromatic rings. The van der Waals surface area contributed by atoms with Gasteiger partial charge in [-0.05, 0) is 31.6 Å². The Balaban J connectivity index is 2.34. The fourth-order valence-corrected chi connectivity index (χ4v) is 2.22. The Morgan fingerprint density at radius 2 is 2.00 bits per heavy atom. The lowest BCUT2D eigenvalue weighted by molar-refractivity contribution is 0.658. The molecule has 1 nitrogen and oxygen atoms in total. The van der Waals surface area contributed by atoms with Gasteiger partial charge >= 0.3 is 0 Å². The van der Waals surface area contributed by atoms with Crippen molar-refractivity contribution < 1.29 is 0 Å². The van der Waals surface area contributed by atoms with Gasteiger partial charge in [-0.25, -0.2) is 0 Å². The van der Waals surface area contributed by atoms with Gasteiger partial charge in [0, 0.05) is 16.7 Å². The molecule has 2 rings (SSSR count). The summed E-state index contributed by atoms with van der Waals surface area (Å²) in [6, 6.07) is 8.26. The van der Waals surface area contributed by atoms with Crippen LogP contribution in [0, 0.1) is 0 Å². The van der Waals surface area contributed by atoms with E-state index in [-0.39, 0.29) is 6.04 Å². The van der Waals surface area contributed by atoms with Crippen molar-refractivity contribution in [3.63, 3.8) is 0 Å². The molecule has 78 valence electrons. The van der Waals surface area contributed by atoms with E-state index in [1.54, 1.807) is 0 Å². The highest BCUT2D eigenvalue weighted by Gasteiger charge is 2.20. The Hall–Kier alpha value is -1.08. The van der Waals surface area contributed by atoms with E-state index in [2.05, 4.69) is 30.1 Å². The first-order chi connectivity index (χ1) is 7.18. The molecule has 0 aliphatic carbocycles. The number of hydrogen-bond acceptors (Lipinski definition) is 1. The SMILES string of the molecule is CC1=NC(C)C(c2ccccc2Cl)C=C1. The third kappa shape index (κ3) is 2.13. The molecule has 0 spiro atoms. The highest BCUT2D eigenvalue weighted by Crippen LogP contribution is 2.31. The summed E-state index contributed by atoms with van der Waals surface area (Å²) < 4.78 is 0. The van der Waals surface area contributed by atoms with Crippen molar-refractivity contribution in [1.82, 2.24) is 0 Å². The predicted octanol–water partition coefficient (Wildman–Crippen LogP) is 3.84. The van der Waals surface area contributed by atoms with Crippen molar-refractivity contribution in [3.8, 4) is 0 Å². The zero-order valence-electron chi connectivity index (χ0n) is 8.94. The fraction of sp³-hybridized carbons (Fsp3) is 0.308. The third-order valence-electron chi connectivity index (χ3n) is 2.74. The van der Waals surface area contributed by atoms with Gasteiger partial charge in [0.05, 0.1) is 6.04 Å². The van der Waals surface area contributed by atoms with Gasteiger partial charge in [0.25, 0.3) is 0 Å². The van der Waals surface area contributed by atoms with Crippen LogP contribution < -0.4 is 0 Å². The Kier molecular flexibility index (Phi) is 2.92. The van der Waals surface area contributed by atoms with Crippen molar-refractivity contribution in [1.29, 1.82) is 0 Å². The number of aliphatic imine (C=N–C) groups is 1. The largest absolute Gasteiger partial charge is 0.286 e. The summed E-state index contributed by atoms with van der Waals surface area (Å²) in [5.74, 6) is 0.308. The summed E-state index contributed by atoms with van der Waals surface area (Å²) >= 11 is 6.18. The number of halogens is 1. The number of nitrogens with zero attached hydrogens (tertiary/aromatic N) is 1. The van der Waals surface area contributed by atoms with E-state index in [1.165, 1.54) is 5.56 Å². The molecule has 2 atom stereocenters. The molecular formula is C13H14ClN. The maximum atomic E-state index is 6.18. The van der Waals surface area contributed by atoms with Crippen LogP contribution in [0.25, 0.3) is 0 Å². The molecule has 0 amide bonds. The minimum Gasteiger partial charge on any atom is -0.286 e. The zero-order valence-corrected chi connectivity index (χ0v) is 9.70. The van der Waals surface area contributed by atoms with E-state index in [1.807, 2.05) is 25.1 Å². The van der Waals surface area contributed by atoms with E-state index in [0.717, 1.165) is 10.7 Å². The van der Waals surface area contributed by atoms with Crippen molar-refractivity contribution in [2.75, 3.05) is 0 Å². The van der Waals surface area contributed by atoms with Gasteiger partial charge in [0.1, 0.15) is 0 Å². The van der Waals surface area contributed by atoms with Crippen molar-refractivity contribution in [2.45, 2.75) is 25.8 Å². The first-order valence-electron chi connectivity index (χ1n) is 5.15. The molecule has 1 aliphatic rings. The molecule has 0 saturated heterocycles. The maximum Gasteiger partial charge on any atom is 0.0578 e. The number of allylic oxidation sites excluding steroid dienone is 1. The van der Waals surface area contributed by atoms with Gasteiger partial charge in [-0.1, -0.05) is 35.9 Å². The molecule has 0 aromatic heterocycles. The smallest absolute Gasteiger partial charge is 0.0578 e. The summed E-state index contributed by atoms with van der Waals surface area (Å²) in [5, 5.41) is 0.828. The van der Waals surface area contributed by atoms with Crippen LogP contribution in [0.15, 0.2) is 41.4 Å². The Morgan fingerprint density at radius 1 is 1.27 bits per heavy atom. The molecule has 0 N–H and O–H groups in total. The van der Waals surface area contributed by atoms with Crippen LogP contribution >= 0.6 is 11.6 Å². The first-order valence-corrected chi connectivity index (χ1v) is 5.53. The van der Waals surface area contributed by atoms with Crippen LogP contribution in [-0.2, 0) is 0 Å². The summed E-state index contributed by atoms with van der Waals surface area (Å²) in [4.78, 5) is 4.55. The quantitative estimate of drug-likeness (QED) is 0.681. The van der Waals surface area contributed by atoms with E-state index in [4.69, 9.17) is 11.6 Å². The minimum absolute atomic E-state index is 0.273. The normalized spacial score (nSPS) is 25.1. The van der Waals surface area contributed by atoms with Gasteiger partial charge < -0.3 is 0 Å². The van der Waals surface area contributed by atoms with Crippen LogP contribution in [0.2, 0.25) is 5.02 Å². The van der Waals surface area contributed by atoms with Gasteiger partial charge in [-0.2, -0.15) is 0 Å². The number of dihydropyridines is 1. The van der Waals surface area contributed by atoms with Crippen LogP contribution in [0.5, 0.6) is 0 Å². The topological polar surface area (TPSA) is 12.4 Å². The molecule has 0 bridgehead atoms. The highest BCUT2D eigenvalue weighted by atomic mass is 35.5. The van der Waals surface area contributed by atoms with Gasteiger partial charge in [-0.3, -0.25) is 4.99 Å². The van der Waals surface area contributed by atoms with E-state index >= 15 is 0 Å². The molecule has 0 radical (unpaired) electrons. The Labute approximate surface area is 95.5 Å². The number of hydrogen-bond donors (Lipinski definition) is 0. The van der Waals surface area contributed by atoms with Crippen LogP contribution in [0.1, 0.15) is 25.3 Å². The second kappa shape index (κ2) is 4.19. The van der Waals surface area contributed by atoms with E-state index in [9.17, 15) is 0 Å². The van der Waals surface area contributed by atoms with Gasteiger partial charge in [-0.15, -0.1) is 0 Å². The molecule has 1 heterocycles. The van der Waals surface area contributed by atoms with Crippen LogP contribution in [0.4, 0.5) is 0 Å². The van der Waals surface area contributed by atoms with E-state index in [0.29, 0.717) is 5.92 Å². The van der Waals surface area contributed by atoms with Crippen molar-refractivity contribution in [3.05, 3.63) is 47.0 Å². The monoisotopic (exact) mass is 219 g/mol. The van der Waals surface area contributed by atoms with Crippen molar-refractivity contribution in [2.24, 2.45) is 4.99 Å². The maximum absolute atomic E-state index is 6.18. The fourth-order valence-electron chi connectivity index (χ4n) is 1.96. The predicted molar refractivity (Wildman–Crippen MR) is 65.9 cm³/mol. The summed E-state index contributed by atoms with van der Waals surface area (Å²) in [7, 11) is 0. The number of rotatable bonds is 1. The average Bonchev–Trinajstić information content (AvgIpc) is 2.20. The van der Waals surface area contributed by atoms with Crippen LogP contribution in [0.3, 0.4) is 0 Å². The summed E-state index contributed by atoms with van der Waals surface area (Å²) in [5.41, 5.74) is 2.25. The molecule has 2 heteroatoms. The molecule has 0 fully saturated rings. The Bertz CT molecular complexity index is 420. The Morgan fingerprint density at radius 3 is 2.67 bits per heavy atom. The molecule has 1 aromatic carbocycles. The zero-order chi connectivity index (χ0) is 10.8. The van der Waals surface area contributed by atoms with Crippen LogP contribution in [-0.4, -0.2) is 11.8 Å². The van der Waals surface area contributed by atoms with Gasteiger partial charge in [0.15, 0.2) is 0 Å². The lowest BCUT2D eigenvalue weighted by Crippen LogP contribution is -2.16. The molecule has 2 unspecified atom stereocenters. The minimum atomic E-state index is 0.273. The molecule has 15 heavy (non-hydrogen) atoms. The summed E-state index contributed by atoms with van der Waals surface area (Å²) in [6.45, 7) is 4.15. The lowest BCUT2D eigenvalue weighted by Gasteiger charge is -2.22. The first kappa shape index (κ1) is 10.4. The lowest BCUT2D eigenvalue weighted by atomic mass is 9.90. The molecule has 1 aliphatic heterocycles. The van der Waals surface area contributed by atoms with E-state index < -0.39 is 0 Å². The highest BCUT2D eigenvalue weighted by molar-refractivity contribution is 6.31. The molecular weight excluding hydrogens is 206 g/mol. The standard InChI is InChI=1S/C13H14ClN/c1-9-7-8-11(10(2)15-9)12-5-3-4-6-13(12)14/h3-8,10-11H,1-2H3. The number of benzene rings is 1. The van der Waals surface area contributed by atoms with Crippen molar-refractivity contribution >= 4 is 17.3 Å². The third-order valence-corrected chi connectivity index (χ3v) is 3.08. The second-order valence-corrected chi connectivity index (χ2v) is 4.32.